The minimum absolute atomic E-state index is 0.155. The van der Waals surface area contributed by atoms with E-state index in [2.05, 4.69) is 11.9 Å². The summed E-state index contributed by atoms with van der Waals surface area (Å²) in [7, 11) is 0. The molecule has 22 heavy (non-hydrogen) atoms. The van der Waals surface area contributed by atoms with Crippen molar-refractivity contribution in [2.75, 3.05) is 13.2 Å². The Kier molecular flexibility index (Phi) is 6.40. The molecule has 0 saturated heterocycles. The van der Waals surface area contributed by atoms with E-state index < -0.39 is 5.97 Å². The van der Waals surface area contributed by atoms with Gasteiger partial charge in [0, 0.05) is 18.8 Å². The summed E-state index contributed by atoms with van der Waals surface area (Å²) in [5.41, 5.74) is 2.38. The summed E-state index contributed by atoms with van der Waals surface area (Å²) < 4.78 is 6.90. The number of allylic oxidation sites excluding steroid dienone is 1. The van der Waals surface area contributed by atoms with Crippen LogP contribution in [-0.4, -0.2) is 29.6 Å². The van der Waals surface area contributed by atoms with Crippen LogP contribution in [0.15, 0.2) is 12.7 Å². The second-order valence-electron chi connectivity index (χ2n) is 5.66. The monoisotopic (exact) mass is 306 g/mol. The molecule has 0 aliphatic rings. The van der Waals surface area contributed by atoms with Crippen molar-refractivity contribution in [3.8, 4) is 0 Å². The Bertz CT molecular complexity index is 571. The first-order valence-corrected chi connectivity index (χ1v) is 7.60. The van der Waals surface area contributed by atoms with Crippen LogP contribution in [0, 0.1) is 19.8 Å². The molecule has 0 spiro atoms. The standard InChI is InChI=1S/C17H26N2O3/c1-7-9-19-13(6)14(16(20)18-10-11(3)4)12(5)15(19)17(21)22-8-2/h7,11H,1,8-10H2,2-6H3,(H,18,20). The normalized spacial score (nSPS) is 10.6. The number of amides is 1. The van der Waals surface area contributed by atoms with Gasteiger partial charge in [-0.3, -0.25) is 4.79 Å². The molecule has 5 nitrogen and oxygen atoms in total. The van der Waals surface area contributed by atoms with Crippen molar-refractivity contribution in [3.05, 3.63) is 35.2 Å². The van der Waals surface area contributed by atoms with Gasteiger partial charge in [0.15, 0.2) is 0 Å². The minimum Gasteiger partial charge on any atom is -0.461 e. The molecule has 0 unspecified atom stereocenters. The Labute approximate surface area is 132 Å². The maximum atomic E-state index is 12.4. The Morgan fingerprint density at radius 1 is 1.36 bits per heavy atom. The zero-order valence-electron chi connectivity index (χ0n) is 14.2. The number of ether oxygens (including phenoxy) is 1. The van der Waals surface area contributed by atoms with E-state index in [0.717, 1.165) is 5.69 Å². The van der Waals surface area contributed by atoms with Crippen molar-refractivity contribution < 1.29 is 14.3 Å². The van der Waals surface area contributed by atoms with Crippen LogP contribution in [0.1, 0.15) is 52.9 Å². The summed E-state index contributed by atoms with van der Waals surface area (Å²) in [5, 5.41) is 2.90. The number of nitrogens with zero attached hydrogens (tertiary/aromatic N) is 1. The molecule has 0 fully saturated rings. The van der Waals surface area contributed by atoms with Crippen molar-refractivity contribution in [1.82, 2.24) is 9.88 Å². The summed E-state index contributed by atoms with van der Waals surface area (Å²) >= 11 is 0. The van der Waals surface area contributed by atoms with Gasteiger partial charge in [-0.15, -0.1) is 6.58 Å². The Morgan fingerprint density at radius 3 is 2.50 bits per heavy atom. The van der Waals surface area contributed by atoms with Gasteiger partial charge in [-0.2, -0.15) is 0 Å². The summed E-state index contributed by atoms with van der Waals surface area (Å²) in [4.78, 5) is 24.6. The number of esters is 1. The molecule has 0 saturated carbocycles. The van der Waals surface area contributed by atoms with Gasteiger partial charge in [-0.25, -0.2) is 4.79 Å². The van der Waals surface area contributed by atoms with Gasteiger partial charge >= 0.3 is 5.97 Å². The molecule has 1 heterocycles. The van der Waals surface area contributed by atoms with Crippen LogP contribution in [0.5, 0.6) is 0 Å². The van der Waals surface area contributed by atoms with Crippen LogP contribution in [0.3, 0.4) is 0 Å². The Morgan fingerprint density at radius 2 is 2.00 bits per heavy atom. The van der Waals surface area contributed by atoms with E-state index in [-0.39, 0.29) is 5.91 Å². The number of rotatable bonds is 7. The van der Waals surface area contributed by atoms with Gasteiger partial charge in [-0.05, 0) is 32.3 Å². The number of carbonyl (C=O) groups is 2. The first-order valence-electron chi connectivity index (χ1n) is 7.60. The number of carbonyl (C=O) groups excluding carboxylic acids is 2. The molecule has 0 atom stereocenters. The molecular formula is C17H26N2O3. The number of nitrogens with one attached hydrogen (secondary N) is 1. The van der Waals surface area contributed by atoms with Crippen molar-refractivity contribution in [3.63, 3.8) is 0 Å². The third kappa shape index (κ3) is 3.78. The molecule has 0 aliphatic heterocycles. The molecule has 0 radical (unpaired) electrons. The van der Waals surface area contributed by atoms with Gasteiger partial charge in [-0.1, -0.05) is 19.9 Å². The summed E-state index contributed by atoms with van der Waals surface area (Å²) in [5.74, 6) is -0.200. The molecule has 1 aromatic heterocycles. The first kappa shape index (κ1) is 18.0. The lowest BCUT2D eigenvalue weighted by Gasteiger charge is -2.09. The van der Waals surface area contributed by atoms with Crippen LogP contribution >= 0.6 is 0 Å². The van der Waals surface area contributed by atoms with Crippen LogP contribution < -0.4 is 5.32 Å². The summed E-state index contributed by atoms with van der Waals surface area (Å²) in [6.07, 6.45) is 1.70. The van der Waals surface area contributed by atoms with E-state index in [0.29, 0.717) is 42.4 Å². The minimum atomic E-state index is -0.409. The lowest BCUT2D eigenvalue weighted by molar-refractivity contribution is 0.0513. The molecule has 122 valence electrons. The van der Waals surface area contributed by atoms with Crippen LogP contribution in [0.4, 0.5) is 0 Å². The van der Waals surface area contributed by atoms with Gasteiger partial charge in [0.1, 0.15) is 5.69 Å². The smallest absolute Gasteiger partial charge is 0.355 e. The highest BCUT2D eigenvalue weighted by Gasteiger charge is 2.26. The van der Waals surface area contributed by atoms with Crippen molar-refractivity contribution in [2.24, 2.45) is 5.92 Å². The first-order chi connectivity index (χ1) is 10.3. The summed E-state index contributed by atoms with van der Waals surface area (Å²) in [6.45, 7) is 14.5. The Balaban J connectivity index is 3.29. The van der Waals surface area contributed by atoms with Crippen molar-refractivity contribution >= 4 is 11.9 Å². The lowest BCUT2D eigenvalue weighted by Crippen LogP contribution is -2.28. The predicted molar refractivity (Wildman–Crippen MR) is 87.2 cm³/mol. The second kappa shape index (κ2) is 7.82. The van der Waals surface area contributed by atoms with Gasteiger partial charge in [0.25, 0.3) is 5.91 Å². The Hall–Kier alpha value is -2.04. The summed E-state index contributed by atoms with van der Waals surface area (Å²) in [6, 6.07) is 0. The molecule has 1 amide bonds. The maximum absolute atomic E-state index is 12.4. The van der Waals surface area contributed by atoms with E-state index in [9.17, 15) is 9.59 Å². The molecule has 1 aromatic rings. The lowest BCUT2D eigenvalue weighted by atomic mass is 10.1. The predicted octanol–water partition coefficient (Wildman–Crippen LogP) is 2.85. The highest BCUT2D eigenvalue weighted by Crippen LogP contribution is 2.23. The van der Waals surface area contributed by atoms with E-state index in [1.54, 1.807) is 24.5 Å². The fourth-order valence-electron chi connectivity index (χ4n) is 2.43. The highest BCUT2D eigenvalue weighted by atomic mass is 16.5. The molecule has 5 heteroatoms. The van der Waals surface area contributed by atoms with Crippen molar-refractivity contribution in [1.29, 1.82) is 0 Å². The fourth-order valence-corrected chi connectivity index (χ4v) is 2.43. The quantitative estimate of drug-likeness (QED) is 0.622. The highest BCUT2D eigenvalue weighted by molar-refractivity contribution is 6.01. The second-order valence-corrected chi connectivity index (χ2v) is 5.66. The average molecular weight is 306 g/mol. The van der Waals surface area contributed by atoms with Crippen LogP contribution in [0.2, 0.25) is 0 Å². The van der Waals surface area contributed by atoms with Gasteiger partial charge in [0.05, 0.1) is 12.2 Å². The van der Waals surface area contributed by atoms with Crippen molar-refractivity contribution in [2.45, 2.75) is 41.2 Å². The van der Waals surface area contributed by atoms with E-state index >= 15 is 0 Å². The number of hydrogen-bond acceptors (Lipinski definition) is 3. The number of aromatic nitrogens is 1. The number of hydrogen-bond donors (Lipinski definition) is 1. The SMILES string of the molecule is C=CCn1c(C)c(C(=O)NCC(C)C)c(C)c1C(=O)OCC. The molecule has 1 N–H and O–H groups in total. The molecule has 0 aromatic carbocycles. The van der Waals surface area contributed by atoms with Gasteiger partial charge < -0.3 is 14.6 Å². The molecule has 0 bridgehead atoms. The van der Waals surface area contributed by atoms with E-state index in [1.807, 2.05) is 20.8 Å². The van der Waals surface area contributed by atoms with Crippen LogP contribution in [0.25, 0.3) is 0 Å². The maximum Gasteiger partial charge on any atom is 0.355 e. The van der Waals surface area contributed by atoms with Gasteiger partial charge in [0.2, 0.25) is 0 Å². The molecular weight excluding hydrogens is 280 g/mol. The van der Waals surface area contributed by atoms with E-state index in [1.165, 1.54) is 0 Å². The third-order valence-electron chi connectivity index (χ3n) is 3.45. The topological polar surface area (TPSA) is 60.3 Å². The molecule has 1 rings (SSSR count). The molecule has 0 aliphatic carbocycles. The van der Waals surface area contributed by atoms with E-state index in [4.69, 9.17) is 4.74 Å². The fraction of sp³-hybridized carbons (Fsp3) is 0.529. The zero-order valence-corrected chi connectivity index (χ0v) is 14.2. The largest absolute Gasteiger partial charge is 0.461 e. The average Bonchev–Trinajstić information content (AvgIpc) is 2.68. The van der Waals surface area contributed by atoms with Crippen LogP contribution in [-0.2, 0) is 11.3 Å². The third-order valence-corrected chi connectivity index (χ3v) is 3.45. The zero-order chi connectivity index (χ0) is 16.9.